The highest BCUT2D eigenvalue weighted by molar-refractivity contribution is 7.81. The molecule has 0 aliphatic carbocycles. The van der Waals surface area contributed by atoms with Crippen molar-refractivity contribution < 1.29 is 13.1 Å². The summed E-state index contributed by atoms with van der Waals surface area (Å²) in [5, 5.41) is 0.149. The maximum absolute atomic E-state index is 11.5. The van der Waals surface area contributed by atoms with Gasteiger partial charge in [-0.05, 0) is 13.3 Å². The van der Waals surface area contributed by atoms with Crippen LogP contribution in [0, 0.1) is 5.92 Å². The van der Waals surface area contributed by atoms with Crippen molar-refractivity contribution in [3.63, 3.8) is 0 Å². The summed E-state index contributed by atoms with van der Waals surface area (Å²) in [6, 6.07) is 0. The summed E-state index contributed by atoms with van der Waals surface area (Å²) >= 11 is -1.10. The fourth-order valence-electron chi connectivity index (χ4n) is 2.68. The molecule has 0 aromatic carbocycles. The normalized spacial score (nSPS) is 67.7. The summed E-state index contributed by atoms with van der Waals surface area (Å²) in [5.74, 6) is 0.394. The van der Waals surface area contributed by atoms with E-state index in [0.29, 0.717) is 5.92 Å². The molecule has 0 spiro atoms. The molecule has 2 bridgehead atoms. The van der Waals surface area contributed by atoms with Gasteiger partial charge in [-0.3, -0.25) is 4.18 Å². The van der Waals surface area contributed by atoms with Crippen molar-refractivity contribution in [3.8, 4) is 0 Å². The predicted octanol–water partition coefficient (Wildman–Crippen LogP) is 0.615. The topological polar surface area (TPSA) is 35.5 Å². The average molecular weight is 188 g/mol. The zero-order valence-electron chi connectivity index (χ0n) is 7.15. The minimum absolute atomic E-state index is 0.0957. The number of hydrogen-bond donors (Lipinski definition) is 0. The van der Waals surface area contributed by atoms with E-state index in [1.807, 2.05) is 6.92 Å². The maximum Gasteiger partial charge on any atom is 0.162 e. The van der Waals surface area contributed by atoms with Gasteiger partial charge < -0.3 is 4.74 Å². The Bertz CT molecular complexity index is 267. The van der Waals surface area contributed by atoms with Crippen LogP contribution in [0.1, 0.15) is 20.3 Å². The molecular formula is C8H12O3S. The zero-order valence-corrected chi connectivity index (χ0v) is 7.97. The Hall–Kier alpha value is 0.0700. The van der Waals surface area contributed by atoms with Crippen molar-refractivity contribution in [2.75, 3.05) is 0 Å². The van der Waals surface area contributed by atoms with E-state index in [9.17, 15) is 4.21 Å². The lowest BCUT2D eigenvalue weighted by Crippen LogP contribution is -2.43. The predicted molar refractivity (Wildman–Crippen MR) is 43.9 cm³/mol. The molecule has 3 aliphatic rings. The lowest BCUT2D eigenvalue weighted by Gasteiger charge is -2.28. The van der Waals surface area contributed by atoms with Gasteiger partial charge in [-0.15, -0.1) is 0 Å². The van der Waals surface area contributed by atoms with E-state index in [1.54, 1.807) is 0 Å². The molecule has 0 amide bonds. The van der Waals surface area contributed by atoms with E-state index in [-0.39, 0.29) is 23.1 Å². The molecule has 3 fully saturated rings. The Morgan fingerprint density at radius 3 is 2.92 bits per heavy atom. The van der Waals surface area contributed by atoms with Crippen molar-refractivity contribution in [1.82, 2.24) is 0 Å². The first-order valence-corrected chi connectivity index (χ1v) is 5.52. The molecule has 0 N–H and O–H groups in total. The van der Waals surface area contributed by atoms with Crippen molar-refractivity contribution in [2.24, 2.45) is 5.92 Å². The molecule has 0 saturated carbocycles. The van der Waals surface area contributed by atoms with E-state index in [0.717, 1.165) is 6.42 Å². The van der Waals surface area contributed by atoms with Crippen LogP contribution < -0.4 is 0 Å². The number of ether oxygens (including phenoxy) is 1. The van der Waals surface area contributed by atoms with Gasteiger partial charge in [0, 0.05) is 5.92 Å². The fraction of sp³-hybridized carbons (Fsp3) is 1.00. The SMILES string of the molecule is CC1C2CC3C(O2)C1(C)OS3=O. The van der Waals surface area contributed by atoms with Gasteiger partial charge in [-0.2, -0.15) is 0 Å². The minimum Gasteiger partial charge on any atom is -0.370 e. The third kappa shape index (κ3) is 0.603. The Kier molecular flexibility index (Phi) is 1.21. The van der Waals surface area contributed by atoms with E-state index in [2.05, 4.69) is 6.92 Å². The Balaban J connectivity index is 2.11. The van der Waals surface area contributed by atoms with Crippen LogP contribution in [0.2, 0.25) is 0 Å². The van der Waals surface area contributed by atoms with E-state index >= 15 is 0 Å². The lowest BCUT2D eigenvalue weighted by atomic mass is 9.78. The highest BCUT2D eigenvalue weighted by Crippen LogP contribution is 2.54. The van der Waals surface area contributed by atoms with E-state index in [1.165, 1.54) is 0 Å². The Morgan fingerprint density at radius 1 is 1.58 bits per heavy atom. The maximum atomic E-state index is 11.5. The van der Waals surface area contributed by atoms with Gasteiger partial charge >= 0.3 is 0 Å². The molecule has 6 unspecified atom stereocenters. The number of hydrogen-bond acceptors (Lipinski definition) is 3. The van der Waals surface area contributed by atoms with Crippen LogP contribution in [0.15, 0.2) is 0 Å². The van der Waals surface area contributed by atoms with Crippen LogP contribution in [0.25, 0.3) is 0 Å². The third-order valence-electron chi connectivity index (χ3n) is 3.66. The molecular weight excluding hydrogens is 176 g/mol. The van der Waals surface area contributed by atoms with Gasteiger partial charge in [-0.25, -0.2) is 4.21 Å². The fourth-order valence-corrected chi connectivity index (χ4v) is 4.29. The monoisotopic (exact) mass is 188 g/mol. The summed E-state index contributed by atoms with van der Waals surface area (Å²) in [7, 11) is 0. The highest BCUT2D eigenvalue weighted by atomic mass is 32.2. The smallest absolute Gasteiger partial charge is 0.162 e. The molecule has 6 atom stereocenters. The zero-order chi connectivity index (χ0) is 8.51. The van der Waals surface area contributed by atoms with Gasteiger partial charge in [0.05, 0.1) is 11.4 Å². The van der Waals surface area contributed by atoms with Crippen LogP contribution >= 0.6 is 0 Å². The second-order valence-corrected chi connectivity index (χ2v) is 5.48. The van der Waals surface area contributed by atoms with Crippen molar-refractivity contribution in [1.29, 1.82) is 0 Å². The molecule has 12 heavy (non-hydrogen) atoms. The summed E-state index contributed by atoms with van der Waals surface area (Å²) in [6.45, 7) is 4.16. The van der Waals surface area contributed by atoms with Crippen molar-refractivity contribution in [2.45, 2.75) is 43.3 Å². The molecule has 0 radical (unpaired) electrons. The molecule has 0 aromatic heterocycles. The summed E-state index contributed by atoms with van der Waals surface area (Å²) in [4.78, 5) is 0. The Morgan fingerprint density at radius 2 is 2.33 bits per heavy atom. The van der Waals surface area contributed by atoms with Crippen LogP contribution in [-0.4, -0.2) is 27.3 Å². The van der Waals surface area contributed by atoms with Crippen LogP contribution in [0.5, 0.6) is 0 Å². The second kappa shape index (κ2) is 1.94. The molecule has 3 rings (SSSR count). The van der Waals surface area contributed by atoms with Crippen LogP contribution in [0.4, 0.5) is 0 Å². The number of rotatable bonds is 0. The summed E-state index contributed by atoms with van der Waals surface area (Å²) < 4.78 is 22.7. The van der Waals surface area contributed by atoms with Crippen LogP contribution in [-0.2, 0) is 20.0 Å². The number of fused-ring (bicyclic) bond motifs is 1. The van der Waals surface area contributed by atoms with Gasteiger partial charge in [0.15, 0.2) is 11.1 Å². The first-order valence-electron chi connectivity index (χ1n) is 4.38. The van der Waals surface area contributed by atoms with Crippen molar-refractivity contribution in [3.05, 3.63) is 0 Å². The van der Waals surface area contributed by atoms with Crippen LogP contribution in [0.3, 0.4) is 0 Å². The quantitative estimate of drug-likeness (QED) is 0.559. The van der Waals surface area contributed by atoms with E-state index in [4.69, 9.17) is 8.92 Å². The molecule has 68 valence electrons. The standard InChI is InChI=1S/C8H12O3S/c1-4-5-3-6-7(10-5)8(4,2)11-12(6)9/h4-7H,3H2,1-2H3. The van der Waals surface area contributed by atoms with Gasteiger partial charge in [0.1, 0.15) is 11.7 Å². The lowest BCUT2D eigenvalue weighted by molar-refractivity contribution is 0.0304. The molecule has 3 heterocycles. The largest absolute Gasteiger partial charge is 0.370 e. The first-order chi connectivity index (χ1) is 5.63. The molecule has 0 aromatic rings. The third-order valence-corrected chi connectivity index (χ3v) is 5.12. The Labute approximate surface area is 74.1 Å². The molecule has 3 saturated heterocycles. The van der Waals surface area contributed by atoms with Crippen molar-refractivity contribution >= 4 is 11.1 Å². The second-order valence-electron chi connectivity index (χ2n) is 4.19. The minimum atomic E-state index is -1.10. The average Bonchev–Trinajstić information content (AvgIpc) is 2.56. The molecule has 4 heteroatoms. The van der Waals surface area contributed by atoms with E-state index < -0.39 is 11.1 Å². The molecule has 3 nitrogen and oxygen atoms in total. The summed E-state index contributed by atoms with van der Waals surface area (Å²) in [5.41, 5.74) is -0.265. The first kappa shape index (κ1) is 7.47. The van der Waals surface area contributed by atoms with Gasteiger partial charge in [-0.1, -0.05) is 6.92 Å². The van der Waals surface area contributed by atoms with Gasteiger partial charge in [0.2, 0.25) is 0 Å². The molecule has 3 aliphatic heterocycles. The summed E-state index contributed by atoms with van der Waals surface area (Å²) in [6.07, 6.45) is 1.31. The van der Waals surface area contributed by atoms with Gasteiger partial charge in [0.25, 0.3) is 0 Å². The highest BCUT2D eigenvalue weighted by Gasteiger charge is 2.67.